The highest BCUT2D eigenvalue weighted by atomic mass is 79.9. The van der Waals surface area contributed by atoms with Crippen LogP contribution in [0.2, 0.25) is 0 Å². The Balaban J connectivity index is 2.04. The maximum atomic E-state index is 12.3. The molecule has 0 aromatic carbocycles. The van der Waals surface area contributed by atoms with E-state index >= 15 is 0 Å². The largest absolute Gasteiger partial charge is 0.480 e. The van der Waals surface area contributed by atoms with E-state index < -0.39 is 28.2 Å². The molecule has 1 saturated heterocycles. The van der Waals surface area contributed by atoms with Gasteiger partial charge < -0.3 is 9.84 Å². The minimum absolute atomic E-state index is 0.160. The van der Waals surface area contributed by atoms with Gasteiger partial charge in [0, 0.05) is 17.6 Å². The second-order valence-electron chi connectivity index (χ2n) is 4.46. The van der Waals surface area contributed by atoms with Crippen molar-refractivity contribution < 1.29 is 23.1 Å². The summed E-state index contributed by atoms with van der Waals surface area (Å²) in [5.41, 5.74) is -0.727. The summed E-state index contributed by atoms with van der Waals surface area (Å²) in [7, 11) is -3.52. The molecule has 1 aliphatic heterocycles. The van der Waals surface area contributed by atoms with Crippen LogP contribution < -0.4 is 0 Å². The van der Waals surface area contributed by atoms with Crippen molar-refractivity contribution in [2.24, 2.45) is 0 Å². The van der Waals surface area contributed by atoms with Gasteiger partial charge in [0.25, 0.3) is 10.0 Å². The Kier molecular flexibility index (Phi) is 4.03. The second kappa shape index (κ2) is 5.13. The van der Waals surface area contributed by atoms with E-state index in [1.165, 1.54) is 4.31 Å². The van der Waals surface area contributed by atoms with E-state index in [4.69, 9.17) is 9.84 Å². The second-order valence-corrected chi connectivity index (χ2v) is 8.37. The van der Waals surface area contributed by atoms with Gasteiger partial charge in [-0.2, -0.15) is 4.31 Å². The smallest absolute Gasteiger partial charge is 0.329 e. The fourth-order valence-electron chi connectivity index (χ4n) is 1.78. The number of aliphatic carboxylic acids is 1. The van der Waals surface area contributed by atoms with Crippen molar-refractivity contribution in [3.63, 3.8) is 0 Å². The Morgan fingerprint density at radius 1 is 1.63 bits per heavy atom. The summed E-state index contributed by atoms with van der Waals surface area (Å²) >= 11 is 4.34. The molecule has 9 heteroatoms. The minimum Gasteiger partial charge on any atom is -0.480 e. The summed E-state index contributed by atoms with van der Waals surface area (Å²) in [6.45, 7) is 1.60. The lowest BCUT2D eigenvalue weighted by atomic mass is 10.0. The van der Waals surface area contributed by atoms with Crippen LogP contribution >= 0.6 is 27.3 Å². The number of carboxylic acid groups (broad SMARTS) is 1. The van der Waals surface area contributed by atoms with Crippen LogP contribution in [0, 0.1) is 0 Å². The summed E-state index contributed by atoms with van der Waals surface area (Å²) in [5, 5.41) is 10.2. The first-order valence-electron chi connectivity index (χ1n) is 5.33. The molecule has 0 saturated carbocycles. The number of hydrogen-bond acceptors (Lipinski definition) is 5. The lowest BCUT2D eigenvalue weighted by Crippen LogP contribution is -2.63. The monoisotopic (exact) mass is 369 g/mol. The van der Waals surface area contributed by atoms with Gasteiger partial charge in [-0.25, -0.2) is 13.2 Å². The highest BCUT2D eigenvalue weighted by Gasteiger charge is 2.47. The molecule has 1 aromatic heterocycles. The van der Waals surface area contributed by atoms with Gasteiger partial charge in [-0.1, -0.05) is 0 Å². The number of rotatable bonds is 5. The van der Waals surface area contributed by atoms with Crippen molar-refractivity contribution in [1.82, 2.24) is 4.31 Å². The maximum Gasteiger partial charge on any atom is 0.329 e. The molecule has 106 valence electrons. The van der Waals surface area contributed by atoms with E-state index in [0.717, 1.165) is 11.3 Å². The zero-order chi connectivity index (χ0) is 14.3. The normalized spacial score (nSPS) is 19.1. The molecule has 6 nitrogen and oxygen atoms in total. The SMILES string of the molecule is CC1(OCC(=O)O)CN(S(=O)(=O)c2sccc2Br)C1. The number of halogens is 1. The highest BCUT2D eigenvalue weighted by molar-refractivity contribution is 9.10. The predicted octanol–water partition coefficient (Wildman–Crippen LogP) is 1.37. The molecule has 1 aromatic rings. The van der Waals surface area contributed by atoms with Crippen molar-refractivity contribution in [3.8, 4) is 0 Å². The number of carbonyl (C=O) groups is 1. The molecular formula is C10H12BrNO5S2. The molecule has 0 spiro atoms. The van der Waals surface area contributed by atoms with Crippen molar-refractivity contribution in [2.75, 3.05) is 19.7 Å². The van der Waals surface area contributed by atoms with Gasteiger partial charge in [0.15, 0.2) is 0 Å². The maximum absolute atomic E-state index is 12.3. The number of sulfonamides is 1. The molecule has 1 aliphatic rings. The van der Waals surface area contributed by atoms with Crippen molar-refractivity contribution in [2.45, 2.75) is 16.7 Å². The molecule has 19 heavy (non-hydrogen) atoms. The molecule has 0 bridgehead atoms. The molecule has 2 rings (SSSR count). The summed E-state index contributed by atoms with van der Waals surface area (Å²) in [6.07, 6.45) is 0. The number of hydrogen-bond donors (Lipinski definition) is 1. The minimum atomic E-state index is -3.52. The lowest BCUT2D eigenvalue weighted by molar-refractivity contribution is -0.157. The third-order valence-electron chi connectivity index (χ3n) is 2.72. The molecule has 0 aliphatic carbocycles. The van der Waals surface area contributed by atoms with Crippen molar-refractivity contribution >= 4 is 43.3 Å². The highest BCUT2D eigenvalue weighted by Crippen LogP contribution is 2.35. The van der Waals surface area contributed by atoms with Crippen molar-refractivity contribution in [1.29, 1.82) is 0 Å². The van der Waals surface area contributed by atoms with Crippen LogP contribution in [0.5, 0.6) is 0 Å². The van der Waals surface area contributed by atoms with Gasteiger partial charge in [-0.15, -0.1) is 11.3 Å². The van der Waals surface area contributed by atoms with Crippen molar-refractivity contribution in [3.05, 3.63) is 15.9 Å². The van der Waals surface area contributed by atoms with E-state index in [9.17, 15) is 13.2 Å². The molecule has 0 unspecified atom stereocenters. The standard InChI is InChI=1S/C10H12BrNO5S2/c1-10(17-4-8(13)14)5-12(6-10)19(15,16)9-7(11)2-3-18-9/h2-3H,4-6H2,1H3,(H,13,14). The van der Waals surface area contributed by atoms with E-state index in [0.29, 0.717) is 4.47 Å². The van der Waals surface area contributed by atoms with E-state index in [1.54, 1.807) is 18.4 Å². The quantitative estimate of drug-likeness (QED) is 0.847. The van der Waals surface area contributed by atoms with Crippen LogP contribution in [0.15, 0.2) is 20.1 Å². The third kappa shape index (κ3) is 3.00. The van der Waals surface area contributed by atoms with Gasteiger partial charge in [0.2, 0.25) is 0 Å². The third-order valence-corrected chi connectivity index (χ3v) is 7.16. The number of ether oxygens (including phenoxy) is 1. The molecule has 0 atom stereocenters. The molecule has 1 N–H and O–H groups in total. The van der Waals surface area contributed by atoms with Crippen LogP contribution in [0.25, 0.3) is 0 Å². The van der Waals surface area contributed by atoms with Gasteiger partial charge in [0.05, 0.1) is 5.60 Å². The zero-order valence-corrected chi connectivity index (χ0v) is 13.2. The van der Waals surface area contributed by atoms with Gasteiger partial charge in [0.1, 0.15) is 10.8 Å². The average molecular weight is 370 g/mol. The molecule has 2 heterocycles. The van der Waals surface area contributed by atoms with Gasteiger partial charge >= 0.3 is 5.97 Å². The van der Waals surface area contributed by atoms with E-state index in [-0.39, 0.29) is 17.3 Å². The van der Waals surface area contributed by atoms with Crippen LogP contribution in [0.4, 0.5) is 0 Å². The van der Waals surface area contributed by atoms with E-state index in [2.05, 4.69) is 15.9 Å². The molecule has 0 amide bonds. The molecular weight excluding hydrogens is 358 g/mol. The van der Waals surface area contributed by atoms with Crippen LogP contribution in [0.1, 0.15) is 6.92 Å². The number of thiophene rings is 1. The zero-order valence-electron chi connectivity index (χ0n) is 10.00. The Morgan fingerprint density at radius 2 is 2.26 bits per heavy atom. The van der Waals surface area contributed by atoms with Gasteiger partial charge in [-0.3, -0.25) is 0 Å². The Labute approximate surface area is 123 Å². The lowest BCUT2D eigenvalue weighted by Gasteiger charge is -2.45. The predicted molar refractivity (Wildman–Crippen MR) is 72.8 cm³/mol. The summed E-state index contributed by atoms with van der Waals surface area (Å²) in [5.74, 6) is -1.07. The van der Waals surface area contributed by atoms with Crippen LogP contribution in [0.3, 0.4) is 0 Å². The topological polar surface area (TPSA) is 83.9 Å². The number of nitrogens with zero attached hydrogens (tertiary/aromatic N) is 1. The Hall–Kier alpha value is -0.480. The summed E-state index contributed by atoms with van der Waals surface area (Å²) in [6, 6.07) is 1.68. The van der Waals surface area contributed by atoms with Crippen LogP contribution in [-0.2, 0) is 19.6 Å². The Morgan fingerprint density at radius 3 is 2.74 bits per heavy atom. The first-order chi connectivity index (χ1) is 8.74. The van der Waals surface area contributed by atoms with Crippen LogP contribution in [-0.4, -0.2) is 49.1 Å². The van der Waals surface area contributed by atoms with Gasteiger partial charge in [-0.05, 0) is 34.3 Å². The fraction of sp³-hybridized carbons (Fsp3) is 0.500. The first-order valence-corrected chi connectivity index (χ1v) is 8.45. The summed E-state index contributed by atoms with van der Waals surface area (Å²) in [4.78, 5) is 10.4. The molecule has 1 fully saturated rings. The molecule has 0 radical (unpaired) electrons. The summed E-state index contributed by atoms with van der Waals surface area (Å²) < 4.78 is 31.8. The average Bonchev–Trinajstić information content (AvgIpc) is 2.69. The number of carboxylic acids is 1. The Bertz CT molecular complexity index is 591. The fourth-order valence-corrected chi connectivity index (χ4v) is 5.89. The first kappa shape index (κ1) is 14.9. The van der Waals surface area contributed by atoms with E-state index in [1.807, 2.05) is 0 Å².